The first-order chi connectivity index (χ1) is 8.90. The van der Waals surface area contributed by atoms with Crippen LogP contribution in [0.25, 0.3) is 0 Å². The van der Waals surface area contributed by atoms with Crippen LogP contribution in [0.1, 0.15) is 50.1 Å². The summed E-state index contributed by atoms with van der Waals surface area (Å²) < 4.78 is 2.97. The van der Waals surface area contributed by atoms with Crippen LogP contribution >= 0.6 is 15.9 Å². The zero-order valence-electron chi connectivity index (χ0n) is 11.8. The Morgan fingerprint density at radius 2 is 2.21 bits per heavy atom. The topological polar surface area (TPSA) is 51.3 Å². The molecule has 0 bridgehead atoms. The first-order valence-corrected chi connectivity index (χ1v) is 7.63. The zero-order chi connectivity index (χ0) is 14.2. The van der Waals surface area contributed by atoms with E-state index in [1.807, 2.05) is 21.7 Å². The number of nitrogens with zero attached hydrogens (tertiary/aromatic N) is 2. The fourth-order valence-electron chi connectivity index (χ4n) is 2.70. The molecule has 0 saturated carbocycles. The Bertz CT molecular complexity index is 469. The lowest BCUT2D eigenvalue weighted by atomic mass is 9.99. The molecule has 2 atom stereocenters. The number of halogens is 1. The summed E-state index contributed by atoms with van der Waals surface area (Å²) >= 11 is 3.46. The third-order valence-electron chi connectivity index (χ3n) is 3.77. The van der Waals surface area contributed by atoms with Gasteiger partial charge < -0.3 is 15.2 Å². The fraction of sp³-hybridized carbons (Fsp3) is 0.643. The van der Waals surface area contributed by atoms with Crippen LogP contribution in [0.15, 0.2) is 16.7 Å². The van der Waals surface area contributed by atoms with E-state index in [0.29, 0.717) is 0 Å². The standard InChI is InChI=1S/C14H22BrN3O/c1-9(2)18-8-11(15)7-13(18)14(19)17-5-4-12(16)6-10(17)3/h7-10,12H,4-6,16H2,1-3H3. The Morgan fingerprint density at radius 3 is 2.79 bits per heavy atom. The highest BCUT2D eigenvalue weighted by atomic mass is 79.9. The minimum absolute atomic E-state index is 0.110. The van der Waals surface area contributed by atoms with Gasteiger partial charge >= 0.3 is 0 Å². The number of nitrogens with two attached hydrogens (primary N) is 1. The minimum atomic E-state index is 0.110. The predicted molar refractivity (Wildman–Crippen MR) is 80.2 cm³/mol. The summed E-state index contributed by atoms with van der Waals surface area (Å²) in [5.74, 6) is 0.110. The predicted octanol–water partition coefficient (Wildman–Crippen LogP) is 2.78. The third kappa shape index (κ3) is 3.03. The van der Waals surface area contributed by atoms with Crippen molar-refractivity contribution in [2.24, 2.45) is 5.73 Å². The highest BCUT2D eigenvalue weighted by molar-refractivity contribution is 9.10. The third-order valence-corrected chi connectivity index (χ3v) is 4.20. The summed E-state index contributed by atoms with van der Waals surface area (Å²) in [4.78, 5) is 14.6. The van der Waals surface area contributed by atoms with E-state index in [1.54, 1.807) is 0 Å². The molecule has 1 aromatic heterocycles. The van der Waals surface area contributed by atoms with Crippen molar-refractivity contribution < 1.29 is 4.79 Å². The second-order valence-corrected chi connectivity index (χ2v) is 6.59. The van der Waals surface area contributed by atoms with Crippen molar-refractivity contribution in [3.05, 3.63) is 22.4 Å². The second kappa shape index (κ2) is 5.67. The SMILES string of the molecule is CC1CC(N)CCN1C(=O)c1cc(Br)cn1C(C)C. The molecule has 2 N–H and O–H groups in total. The average Bonchev–Trinajstić information content (AvgIpc) is 2.70. The number of hydrogen-bond donors (Lipinski definition) is 1. The van der Waals surface area contributed by atoms with E-state index in [1.165, 1.54) is 0 Å². The molecule has 0 spiro atoms. The molecule has 2 rings (SSSR count). The summed E-state index contributed by atoms with van der Waals surface area (Å²) in [6.45, 7) is 6.99. The summed E-state index contributed by atoms with van der Waals surface area (Å²) in [6, 6.07) is 2.62. The molecule has 4 nitrogen and oxygen atoms in total. The van der Waals surface area contributed by atoms with Gasteiger partial charge in [-0.05, 0) is 55.6 Å². The largest absolute Gasteiger partial charge is 0.340 e. The van der Waals surface area contributed by atoms with E-state index in [-0.39, 0.29) is 24.0 Å². The summed E-state index contributed by atoms with van der Waals surface area (Å²) in [6.07, 6.45) is 3.74. The Kier molecular flexibility index (Phi) is 4.36. The van der Waals surface area contributed by atoms with Gasteiger partial charge in [0.15, 0.2) is 0 Å². The van der Waals surface area contributed by atoms with Gasteiger partial charge in [0.2, 0.25) is 0 Å². The van der Waals surface area contributed by atoms with Gasteiger partial charge in [0.25, 0.3) is 5.91 Å². The fourth-order valence-corrected chi connectivity index (χ4v) is 3.14. The van der Waals surface area contributed by atoms with Gasteiger partial charge in [-0.15, -0.1) is 0 Å². The lowest BCUT2D eigenvalue weighted by Crippen LogP contribution is -2.48. The molecular weight excluding hydrogens is 306 g/mol. The molecule has 5 heteroatoms. The smallest absolute Gasteiger partial charge is 0.270 e. The van der Waals surface area contributed by atoms with E-state index in [0.717, 1.165) is 29.6 Å². The number of carbonyl (C=O) groups excluding carboxylic acids is 1. The van der Waals surface area contributed by atoms with Crippen LogP contribution in [0.3, 0.4) is 0 Å². The monoisotopic (exact) mass is 327 g/mol. The van der Waals surface area contributed by atoms with Gasteiger partial charge in [0, 0.05) is 35.3 Å². The number of likely N-dealkylation sites (tertiary alicyclic amines) is 1. The molecule has 1 aliphatic rings. The van der Waals surface area contributed by atoms with E-state index in [2.05, 4.69) is 36.7 Å². The number of hydrogen-bond acceptors (Lipinski definition) is 2. The van der Waals surface area contributed by atoms with Crippen LogP contribution in [-0.2, 0) is 0 Å². The first-order valence-electron chi connectivity index (χ1n) is 6.84. The number of carbonyl (C=O) groups is 1. The molecule has 0 aliphatic carbocycles. The van der Waals surface area contributed by atoms with Gasteiger partial charge in [-0.25, -0.2) is 0 Å². The highest BCUT2D eigenvalue weighted by Crippen LogP contribution is 2.24. The van der Waals surface area contributed by atoms with Crippen molar-refractivity contribution in [2.45, 2.75) is 51.7 Å². The van der Waals surface area contributed by atoms with Crippen LogP contribution in [0, 0.1) is 0 Å². The van der Waals surface area contributed by atoms with Crippen molar-refractivity contribution in [2.75, 3.05) is 6.54 Å². The normalized spacial score (nSPS) is 24.0. The average molecular weight is 328 g/mol. The molecule has 1 saturated heterocycles. The maximum atomic E-state index is 12.7. The number of amides is 1. The molecule has 1 aliphatic heterocycles. The molecule has 1 amide bonds. The number of aromatic nitrogens is 1. The quantitative estimate of drug-likeness (QED) is 0.908. The van der Waals surface area contributed by atoms with E-state index < -0.39 is 0 Å². The maximum absolute atomic E-state index is 12.7. The molecular formula is C14H22BrN3O. The Labute approximate surface area is 123 Å². The number of piperidine rings is 1. The van der Waals surface area contributed by atoms with Gasteiger partial charge in [-0.3, -0.25) is 4.79 Å². The molecule has 1 fully saturated rings. The Hall–Kier alpha value is -0.810. The van der Waals surface area contributed by atoms with Crippen molar-refractivity contribution in [3.63, 3.8) is 0 Å². The molecule has 1 aromatic rings. The molecule has 0 radical (unpaired) electrons. The summed E-state index contributed by atoms with van der Waals surface area (Å²) in [7, 11) is 0. The van der Waals surface area contributed by atoms with Crippen LogP contribution in [0.2, 0.25) is 0 Å². The highest BCUT2D eigenvalue weighted by Gasteiger charge is 2.29. The summed E-state index contributed by atoms with van der Waals surface area (Å²) in [5.41, 5.74) is 6.71. The molecule has 106 valence electrons. The Balaban J connectivity index is 2.24. The van der Waals surface area contributed by atoms with Crippen LogP contribution in [0.5, 0.6) is 0 Å². The zero-order valence-corrected chi connectivity index (χ0v) is 13.4. The van der Waals surface area contributed by atoms with Gasteiger partial charge in [-0.1, -0.05) is 0 Å². The molecule has 0 aromatic carbocycles. The maximum Gasteiger partial charge on any atom is 0.270 e. The van der Waals surface area contributed by atoms with Crippen molar-refractivity contribution in [1.29, 1.82) is 0 Å². The minimum Gasteiger partial charge on any atom is -0.340 e. The number of rotatable bonds is 2. The summed E-state index contributed by atoms with van der Waals surface area (Å²) in [5, 5.41) is 0. The second-order valence-electron chi connectivity index (χ2n) is 5.68. The van der Waals surface area contributed by atoms with Crippen molar-refractivity contribution in [3.8, 4) is 0 Å². The van der Waals surface area contributed by atoms with Crippen LogP contribution in [0.4, 0.5) is 0 Å². The van der Waals surface area contributed by atoms with Gasteiger partial charge in [0.05, 0.1) is 0 Å². The molecule has 19 heavy (non-hydrogen) atoms. The first kappa shape index (κ1) is 14.6. The molecule has 2 heterocycles. The lowest BCUT2D eigenvalue weighted by Gasteiger charge is -2.36. The van der Waals surface area contributed by atoms with E-state index in [4.69, 9.17) is 5.73 Å². The van der Waals surface area contributed by atoms with Crippen molar-refractivity contribution in [1.82, 2.24) is 9.47 Å². The van der Waals surface area contributed by atoms with Gasteiger partial charge in [0.1, 0.15) is 5.69 Å². The van der Waals surface area contributed by atoms with Crippen LogP contribution in [-0.4, -0.2) is 34.0 Å². The van der Waals surface area contributed by atoms with E-state index >= 15 is 0 Å². The Morgan fingerprint density at radius 1 is 1.53 bits per heavy atom. The van der Waals surface area contributed by atoms with Gasteiger partial charge in [-0.2, -0.15) is 0 Å². The molecule has 2 unspecified atom stereocenters. The lowest BCUT2D eigenvalue weighted by molar-refractivity contribution is 0.0606. The van der Waals surface area contributed by atoms with Crippen LogP contribution < -0.4 is 5.73 Å². The van der Waals surface area contributed by atoms with Crippen molar-refractivity contribution >= 4 is 21.8 Å². The van der Waals surface area contributed by atoms with E-state index in [9.17, 15) is 4.79 Å².